The van der Waals surface area contributed by atoms with Crippen molar-refractivity contribution in [3.63, 3.8) is 0 Å². The largest absolute Gasteiger partial charge is 0.497 e. The van der Waals surface area contributed by atoms with Gasteiger partial charge < -0.3 is 10.1 Å². The van der Waals surface area contributed by atoms with Crippen LogP contribution in [0.25, 0.3) is 0 Å². The van der Waals surface area contributed by atoms with E-state index in [1.54, 1.807) is 6.07 Å². The molecule has 7 heteroatoms. The summed E-state index contributed by atoms with van der Waals surface area (Å²) in [6.45, 7) is 0. The molecule has 1 amide bonds. The Morgan fingerprint density at radius 1 is 1.42 bits per heavy atom. The zero-order chi connectivity index (χ0) is 13.8. The van der Waals surface area contributed by atoms with E-state index >= 15 is 0 Å². The smallest absolute Gasteiger partial charge is 0.430 e. The Balaban J connectivity index is 2.14. The van der Waals surface area contributed by atoms with E-state index < -0.39 is 17.7 Å². The first-order chi connectivity index (χ1) is 8.89. The van der Waals surface area contributed by atoms with Crippen molar-refractivity contribution < 1.29 is 22.7 Å². The van der Waals surface area contributed by atoms with Gasteiger partial charge in [-0.1, -0.05) is 0 Å². The Bertz CT molecular complexity index is 558. The second-order valence-corrected chi connectivity index (χ2v) is 4.60. The minimum atomic E-state index is -4.54. The van der Waals surface area contributed by atoms with Crippen LogP contribution in [0.1, 0.15) is 12.8 Å². The fourth-order valence-corrected chi connectivity index (χ4v) is 2.68. The number of ether oxygens (including phenoxy) is 1. The van der Waals surface area contributed by atoms with Crippen molar-refractivity contribution in [2.75, 3.05) is 17.3 Å². The van der Waals surface area contributed by atoms with Gasteiger partial charge in [0.05, 0.1) is 18.5 Å². The molecule has 1 saturated heterocycles. The number of methoxy groups -OCH3 is 1. The fraction of sp³-hybridized carbons (Fsp3) is 0.417. The Kier molecular flexibility index (Phi) is 2.27. The minimum Gasteiger partial charge on any atom is -0.497 e. The summed E-state index contributed by atoms with van der Waals surface area (Å²) in [6.07, 6.45) is -4.93. The van der Waals surface area contributed by atoms with Gasteiger partial charge in [-0.05, 0) is 12.1 Å². The second-order valence-electron chi connectivity index (χ2n) is 4.60. The van der Waals surface area contributed by atoms with E-state index in [0.29, 0.717) is 5.75 Å². The van der Waals surface area contributed by atoms with Crippen LogP contribution in [0.5, 0.6) is 5.75 Å². The normalized spacial score (nSPS) is 25.1. The van der Waals surface area contributed by atoms with Gasteiger partial charge in [0, 0.05) is 18.9 Å². The Morgan fingerprint density at radius 2 is 2.16 bits per heavy atom. The molecule has 3 rings (SSSR count). The van der Waals surface area contributed by atoms with Crippen molar-refractivity contribution in [2.45, 2.75) is 24.7 Å². The lowest BCUT2D eigenvalue weighted by Crippen LogP contribution is -2.58. The summed E-state index contributed by atoms with van der Waals surface area (Å²) in [5, 5.41) is 2.46. The van der Waals surface area contributed by atoms with Crippen molar-refractivity contribution in [2.24, 2.45) is 0 Å². The molecule has 2 heterocycles. The van der Waals surface area contributed by atoms with Crippen LogP contribution < -0.4 is 15.0 Å². The number of halogens is 3. The van der Waals surface area contributed by atoms with Crippen LogP contribution in [0.4, 0.5) is 24.5 Å². The number of fused-ring (bicyclic) bond motifs is 3. The molecule has 2 aliphatic heterocycles. The molecule has 102 valence electrons. The Hall–Kier alpha value is -1.92. The first-order valence-corrected chi connectivity index (χ1v) is 5.75. The third-order valence-corrected chi connectivity index (χ3v) is 3.59. The number of hydrogen-bond donors (Lipinski definition) is 1. The van der Waals surface area contributed by atoms with E-state index in [-0.39, 0.29) is 24.2 Å². The molecule has 0 unspecified atom stereocenters. The summed E-state index contributed by atoms with van der Waals surface area (Å²) in [7, 11) is 1.43. The van der Waals surface area contributed by atoms with Crippen LogP contribution in [0.2, 0.25) is 0 Å². The van der Waals surface area contributed by atoms with E-state index in [2.05, 4.69) is 5.32 Å². The molecule has 1 N–H and O–H groups in total. The lowest BCUT2D eigenvalue weighted by molar-refractivity contribution is -0.175. The maximum atomic E-state index is 13.3. The van der Waals surface area contributed by atoms with Crippen molar-refractivity contribution in [1.29, 1.82) is 0 Å². The first-order valence-electron chi connectivity index (χ1n) is 5.75. The summed E-state index contributed by atoms with van der Waals surface area (Å²) in [4.78, 5) is 12.6. The second kappa shape index (κ2) is 3.55. The third-order valence-electron chi connectivity index (χ3n) is 3.59. The van der Waals surface area contributed by atoms with Gasteiger partial charge in [-0.15, -0.1) is 0 Å². The molecule has 0 spiro atoms. The number of benzene rings is 1. The van der Waals surface area contributed by atoms with Crippen molar-refractivity contribution in [3.8, 4) is 5.75 Å². The maximum Gasteiger partial charge on any atom is 0.430 e. The van der Waals surface area contributed by atoms with Gasteiger partial charge >= 0.3 is 6.18 Å². The van der Waals surface area contributed by atoms with Gasteiger partial charge in [0.25, 0.3) is 0 Å². The fourth-order valence-electron chi connectivity index (χ4n) is 2.68. The highest BCUT2D eigenvalue weighted by Crippen LogP contribution is 2.53. The van der Waals surface area contributed by atoms with E-state index in [1.807, 2.05) is 0 Å². The molecule has 1 atom stereocenters. The SMILES string of the molecule is COc1ccc2c(c1)N[C@]1(C(F)(F)F)CCC(=O)N21. The number of carbonyl (C=O) groups is 1. The Morgan fingerprint density at radius 3 is 2.79 bits per heavy atom. The summed E-state index contributed by atoms with van der Waals surface area (Å²) in [6, 6.07) is 4.48. The molecule has 1 aromatic rings. The number of alkyl halides is 3. The van der Waals surface area contributed by atoms with Gasteiger partial charge in [-0.2, -0.15) is 13.2 Å². The highest BCUT2D eigenvalue weighted by molar-refractivity contribution is 6.04. The summed E-state index contributed by atoms with van der Waals surface area (Å²) >= 11 is 0. The highest BCUT2D eigenvalue weighted by Gasteiger charge is 2.66. The number of rotatable bonds is 1. The van der Waals surface area contributed by atoms with Gasteiger partial charge in [0.2, 0.25) is 11.6 Å². The quantitative estimate of drug-likeness (QED) is 0.854. The lowest BCUT2D eigenvalue weighted by Gasteiger charge is -2.34. The zero-order valence-corrected chi connectivity index (χ0v) is 10.0. The van der Waals surface area contributed by atoms with Gasteiger partial charge in [0.15, 0.2) is 0 Å². The molecule has 4 nitrogen and oxygen atoms in total. The van der Waals surface area contributed by atoms with Crippen LogP contribution in [0.3, 0.4) is 0 Å². The van der Waals surface area contributed by atoms with Crippen LogP contribution >= 0.6 is 0 Å². The molecule has 2 aliphatic rings. The Labute approximate surface area is 107 Å². The van der Waals surface area contributed by atoms with Crippen molar-refractivity contribution in [3.05, 3.63) is 18.2 Å². The topological polar surface area (TPSA) is 41.6 Å². The third kappa shape index (κ3) is 1.44. The average Bonchev–Trinajstić information content (AvgIpc) is 2.84. The minimum absolute atomic E-state index is 0.113. The van der Waals surface area contributed by atoms with Crippen LogP contribution in [0.15, 0.2) is 18.2 Å². The summed E-state index contributed by atoms with van der Waals surface area (Å²) < 4.78 is 45.0. The molecule has 0 aromatic heterocycles. The van der Waals surface area contributed by atoms with E-state index in [0.717, 1.165) is 4.90 Å². The number of carbonyl (C=O) groups excluding carboxylic acids is 1. The van der Waals surface area contributed by atoms with E-state index in [4.69, 9.17) is 4.74 Å². The molecule has 1 fully saturated rings. The zero-order valence-electron chi connectivity index (χ0n) is 10.0. The summed E-state index contributed by atoms with van der Waals surface area (Å²) in [5.74, 6) is -0.0778. The van der Waals surface area contributed by atoms with Crippen LogP contribution in [-0.2, 0) is 4.79 Å². The summed E-state index contributed by atoms with van der Waals surface area (Å²) in [5.41, 5.74) is -1.79. The van der Waals surface area contributed by atoms with Crippen LogP contribution in [0, 0.1) is 0 Å². The number of amides is 1. The molecule has 1 aromatic carbocycles. The molecule has 0 radical (unpaired) electrons. The van der Waals surface area contributed by atoms with E-state index in [1.165, 1.54) is 19.2 Å². The predicted octanol–water partition coefficient (Wildman–Crippen LogP) is 2.51. The van der Waals surface area contributed by atoms with Crippen molar-refractivity contribution in [1.82, 2.24) is 0 Å². The van der Waals surface area contributed by atoms with Gasteiger partial charge in [-0.3, -0.25) is 9.69 Å². The monoisotopic (exact) mass is 272 g/mol. The lowest BCUT2D eigenvalue weighted by atomic mass is 10.1. The van der Waals surface area contributed by atoms with Crippen molar-refractivity contribution >= 4 is 17.3 Å². The maximum absolute atomic E-state index is 13.3. The number of nitrogens with one attached hydrogen (secondary N) is 1. The van der Waals surface area contributed by atoms with E-state index in [9.17, 15) is 18.0 Å². The number of anilines is 2. The molecular formula is C12H11F3N2O2. The molecule has 0 bridgehead atoms. The number of nitrogens with zero attached hydrogens (tertiary/aromatic N) is 1. The molecule has 0 aliphatic carbocycles. The molecular weight excluding hydrogens is 261 g/mol. The highest BCUT2D eigenvalue weighted by atomic mass is 19.4. The standard InChI is InChI=1S/C12H11F3N2O2/c1-19-7-2-3-9-8(6-7)16-11(12(13,14)15)5-4-10(18)17(9)11/h2-3,6,16H,4-5H2,1H3/t11-/m1/s1. The molecule has 0 saturated carbocycles. The average molecular weight is 272 g/mol. The van der Waals surface area contributed by atoms with Gasteiger partial charge in [0.1, 0.15) is 5.75 Å². The molecule has 19 heavy (non-hydrogen) atoms. The number of hydrogen-bond acceptors (Lipinski definition) is 3. The predicted molar refractivity (Wildman–Crippen MR) is 62.1 cm³/mol. The van der Waals surface area contributed by atoms with Gasteiger partial charge in [-0.25, -0.2) is 0 Å². The van der Waals surface area contributed by atoms with Crippen LogP contribution in [-0.4, -0.2) is 24.9 Å². The first kappa shape index (κ1) is 12.1.